The van der Waals surface area contributed by atoms with Gasteiger partial charge in [-0.25, -0.2) is 4.79 Å². The van der Waals surface area contributed by atoms with Crippen molar-refractivity contribution in [3.05, 3.63) is 48.0 Å². The van der Waals surface area contributed by atoms with Gasteiger partial charge in [0.2, 0.25) is 0 Å². The summed E-state index contributed by atoms with van der Waals surface area (Å²) in [6.07, 6.45) is 3.64. The number of aliphatic hydroxyl groups is 1. The molecule has 0 bridgehead atoms. The molecule has 2 aliphatic rings. The fourth-order valence-electron chi connectivity index (χ4n) is 3.98. The summed E-state index contributed by atoms with van der Waals surface area (Å²) < 4.78 is 11.2. The van der Waals surface area contributed by atoms with Crippen LogP contribution in [0.25, 0.3) is 0 Å². The Hall–Kier alpha value is -2.58. The van der Waals surface area contributed by atoms with Crippen LogP contribution in [-0.4, -0.2) is 35.4 Å². The second-order valence-electron chi connectivity index (χ2n) is 8.44. The molecular formula is C24H28O5. The van der Waals surface area contributed by atoms with Gasteiger partial charge in [0.25, 0.3) is 0 Å². The van der Waals surface area contributed by atoms with E-state index in [1.54, 1.807) is 37.3 Å². The highest BCUT2D eigenvalue weighted by atomic mass is 16.6. The lowest BCUT2D eigenvalue weighted by molar-refractivity contribution is -0.141. The first kappa shape index (κ1) is 21.1. The van der Waals surface area contributed by atoms with Crippen molar-refractivity contribution in [2.75, 3.05) is 0 Å². The molecular weight excluding hydrogens is 368 g/mol. The summed E-state index contributed by atoms with van der Waals surface area (Å²) >= 11 is 0. The van der Waals surface area contributed by atoms with Gasteiger partial charge in [-0.15, -0.1) is 11.8 Å². The molecule has 154 valence electrons. The van der Waals surface area contributed by atoms with Gasteiger partial charge in [-0.05, 0) is 19.1 Å². The average Bonchev–Trinajstić information content (AvgIpc) is 3.20. The Morgan fingerprint density at radius 3 is 2.79 bits per heavy atom. The minimum Gasteiger partial charge on any atom is -0.462 e. The number of esters is 2. The molecule has 1 aromatic carbocycles. The van der Waals surface area contributed by atoms with Crippen molar-refractivity contribution in [1.29, 1.82) is 0 Å². The van der Waals surface area contributed by atoms with Gasteiger partial charge in [-0.3, -0.25) is 4.79 Å². The van der Waals surface area contributed by atoms with E-state index in [0.717, 1.165) is 0 Å². The highest BCUT2D eigenvalue weighted by molar-refractivity contribution is 5.89. The number of rotatable bonds is 6. The molecule has 1 unspecified atom stereocenters. The lowest BCUT2D eigenvalue weighted by Crippen LogP contribution is -2.28. The van der Waals surface area contributed by atoms with Crippen LogP contribution in [0.2, 0.25) is 0 Å². The van der Waals surface area contributed by atoms with Crippen LogP contribution >= 0.6 is 0 Å². The molecule has 5 nitrogen and oxygen atoms in total. The molecule has 0 amide bonds. The summed E-state index contributed by atoms with van der Waals surface area (Å²) in [6, 6.07) is 8.84. The first-order chi connectivity index (χ1) is 13.8. The van der Waals surface area contributed by atoms with Crippen molar-refractivity contribution in [3.63, 3.8) is 0 Å². The van der Waals surface area contributed by atoms with Gasteiger partial charge in [0, 0.05) is 30.1 Å². The van der Waals surface area contributed by atoms with E-state index in [1.165, 1.54) is 0 Å². The maximum Gasteiger partial charge on any atom is 0.338 e. The van der Waals surface area contributed by atoms with Crippen LogP contribution in [-0.2, 0) is 14.3 Å². The predicted octanol–water partition coefficient (Wildman–Crippen LogP) is 3.52. The minimum absolute atomic E-state index is 0.0435. The first-order valence-electron chi connectivity index (χ1n) is 10.0. The summed E-state index contributed by atoms with van der Waals surface area (Å²) in [4.78, 5) is 24.3. The zero-order valence-electron chi connectivity index (χ0n) is 17.1. The van der Waals surface area contributed by atoms with E-state index >= 15 is 0 Å². The smallest absolute Gasteiger partial charge is 0.338 e. The third kappa shape index (κ3) is 4.89. The van der Waals surface area contributed by atoms with E-state index < -0.39 is 17.6 Å². The largest absolute Gasteiger partial charge is 0.462 e. The van der Waals surface area contributed by atoms with Gasteiger partial charge in [0.1, 0.15) is 12.2 Å². The predicted molar refractivity (Wildman–Crippen MR) is 109 cm³/mol. The van der Waals surface area contributed by atoms with Gasteiger partial charge in [-0.1, -0.05) is 44.2 Å². The lowest BCUT2D eigenvalue weighted by atomic mass is 9.82. The molecule has 1 N–H and O–H groups in total. The Bertz CT molecular complexity index is 830. The maximum atomic E-state index is 12.5. The fraction of sp³-hybridized carbons (Fsp3) is 0.500. The molecule has 1 aliphatic carbocycles. The van der Waals surface area contributed by atoms with Crippen molar-refractivity contribution < 1.29 is 24.2 Å². The van der Waals surface area contributed by atoms with Crippen LogP contribution in [0.15, 0.2) is 42.5 Å². The van der Waals surface area contributed by atoms with Gasteiger partial charge in [-0.2, -0.15) is 0 Å². The van der Waals surface area contributed by atoms with Crippen LogP contribution in [0.4, 0.5) is 0 Å². The Morgan fingerprint density at radius 1 is 1.38 bits per heavy atom. The molecule has 1 aromatic rings. The number of benzene rings is 1. The van der Waals surface area contributed by atoms with Crippen molar-refractivity contribution in [1.82, 2.24) is 0 Å². The van der Waals surface area contributed by atoms with Gasteiger partial charge >= 0.3 is 11.9 Å². The molecule has 0 radical (unpaired) electrons. The van der Waals surface area contributed by atoms with E-state index in [0.29, 0.717) is 24.8 Å². The Kier molecular flexibility index (Phi) is 6.44. The van der Waals surface area contributed by atoms with Crippen molar-refractivity contribution in [2.45, 2.75) is 58.3 Å². The Balaban J connectivity index is 1.75. The Morgan fingerprint density at radius 2 is 2.10 bits per heavy atom. The Labute approximate surface area is 172 Å². The molecule has 1 saturated heterocycles. The molecule has 5 heteroatoms. The summed E-state index contributed by atoms with van der Waals surface area (Å²) in [5.41, 5.74) is 0.0824. The van der Waals surface area contributed by atoms with Crippen LogP contribution in [0, 0.1) is 29.1 Å². The second-order valence-corrected chi connectivity index (χ2v) is 8.44. The average molecular weight is 396 g/mol. The van der Waals surface area contributed by atoms with Crippen molar-refractivity contribution in [3.8, 4) is 11.8 Å². The number of carbonyl (C=O) groups excluding carboxylic acids is 2. The quantitative estimate of drug-likeness (QED) is 0.452. The number of hydrogen-bond acceptors (Lipinski definition) is 5. The standard InChI is InChI=1S/C24H28O5/c1-4-5-13-24(2,3)21(25)12-11-17-18-14-22(26)28-20(18)15-19(17)29-23(27)16-9-7-6-8-10-16/h6-12,17-21,25H,13-15H2,1-3H3/t17-,18-,19-,20+,21?/m1/s1. The molecule has 0 spiro atoms. The van der Waals surface area contributed by atoms with Gasteiger partial charge in [0.05, 0.1) is 18.1 Å². The number of hydrogen-bond donors (Lipinski definition) is 1. The molecule has 3 rings (SSSR count). The second kappa shape index (κ2) is 8.84. The van der Waals surface area contributed by atoms with E-state index in [2.05, 4.69) is 11.8 Å². The minimum atomic E-state index is -0.703. The molecule has 0 aromatic heterocycles. The van der Waals surface area contributed by atoms with Crippen LogP contribution in [0.5, 0.6) is 0 Å². The van der Waals surface area contributed by atoms with Crippen molar-refractivity contribution >= 4 is 11.9 Å². The van der Waals surface area contributed by atoms with Gasteiger partial charge < -0.3 is 14.6 Å². The van der Waals surface area contributed by atoms with E-state index in [4.69, 9.17) is 9.47 Å². The molecule has 1 saturated carbocycles. The summed E-state index contributed by atoms with van der Waals surface area (Å²) in [6.45, 7) is 5.69. The number of aliphatic hydroxyl groups excluding tert-OH is 1. The van der Waals surface area contributed by atoms with Gasteiger partial charge in [0.15, 0.2) is 0 Å². The first-order valence-corrected chi connectivity index (χ1v) is 10.0. The SMILES string of the molecule is CC#CCC(C)(C)C(O)C=C[C@@H]1[C@H]2CC(=O)O[C@H]2C[C@H]1OC(=O)c1ccccc1. The maximum absolute atomic E-state index is 12.5. The highest BCUT2D eigenvalue weighted by Gasteiger charge is 2.50. The van der Waals surface area contributed by atoms with E-state index in [1.807, 2.05) is 26.0 Å². The van der Waals surface area contributed by atoms with Crippen LogP contribution < -0.4 is 0 Å². The monoisotopic (exact) mass is 396 g/mol. The third-order valence-corrected chi connectivity index (χ3v) is 5.86. The normalized spacial score (nSPS) is 27.1. The topological polar surface area (TPSA) is 72.8 Å². The molecule has 1 heterocycles. The highest BCUT2D eigenvalue weighted by Crippen LogP contribution is 2.44. The molecule has 1 aliphatic heterocycles. The number of carbonyl (C=O) groups is 2. The molecule has 2 fully saturated rings. The summed E-state index contributed by atoms with van der Waals surface area (Å²) in [5.74, 6) is 5.04. The summed E-state index contributed by atoms with van der Waals surface area (Å²) in [5, 5.41) is 10.6. The molecule has 5 atom stereocenters. The zero-order chi connectivity index (χ0) is 21.0. The van der Waals surface area contributed by atoms with E-state index in [-0.39, 0.29) is 29.9 Å². The summed E-state index contributed by atoms with van der Waals surface area (Å²) in [7, 11) is 0. The molecule has 29 heavy (non-hydrogen) atoms. The number of fused-ring (bicyclic) bond motifs is 1. The number of ether oxygens (including phenoxy) is 2. The van der Waals surface area contributed by atoms with Crippen LogP contribution in [0.3, 0.4) is 0 Å². The third-order valence-electron chi connectivity index (χ3n) is 5.86. The van der Waals surface area contributed by atoms with Crippen LogP contribution in [0.1, 0.15) is 50.4 Å². The lowest BCUT2D eigenvalue weighted by Gasteiger charge is -2.27. The van der Waals surface area contributed by atoms with E-state index in [9.17, 15) is 14.7 Å². The van der Waals surface area contributed by atoms with Crippen molar-refractivity contribution in [2.24, 2.45) is 17.3 Å². The fourth-order valence-corrected chi connectivity index (χ4v) is 3.98. The zero-order valence-corrected chi connectivity index (χ0v) is 17.1.